The van der Waals surface area contributed by atoms with Crippen LogP contribution >= 0.6 is 0 Å². The molecule has 0 spiro atoms. The third-order valence-electron chi connectivity index (χ3n) is 5.70. The second-order valence-corrected chi connectivity index (χ2v) is 7.18. The Hall–Kier alpha value is -2.43. The van der Waals surface area contributed by atoms with E-state index in [0.29, 0.717) is 18.0 Å². The van der Waals surface area contributed by atoms with Gasteiger partial charge in [-0.2, -0.15) is 0 Å². The molecule has 27 heavy (non-hydrogen) atoms. The largest absolute Gasteiger partial charge is 0.497 e. The molecule has 3 rings (SSSR count). The highest BCUT2D eigenvalue weighted by atomic mass is 16.5. The van der Waals surface area contributed by atoms with Crippen molar-refractivity contribution in [2.45, 2.75) is 58.4 Å². The molecule has 2 aromatic rings. The SMILES string of the molecule is CCc1c(C(=O)O)c(C)c(-c2cc(OC)ccc2OC)n1C1CCCCC1. The maximum atomic E-state index is 12.1. The van der Waals surface area contributed by atoms with Crippen LogP contribution in [-0.2, 0) is 6.42 Å². The average Bonchev–Trinajstić information content (AvgIpc) is 3.00. The predicted molar refractivity (Wildman–Crippen MR) is 106 cm³/mol. The maximum Gasteiger partial charge on any atom is 0.337 e. The molecule has 1 saturated carbocycles. The maximum absolute atomic E-state index is 12.1. The standard InChI is InChI=1S/C22H29NO4/c1-5-18-20(22(24)25)14(2)21(23(18)15-9-7-6-8-10-15)17-13-16(26-3)11-12-19(17)27-4/h11-13,15H,5-10H2,1-4H3,(H,24,25). The van der Waals surface area contributed by atoms with Gasteiger partial charge in [-0.1, -0.05) is 26.2 Å². The summed E-state index contributed by atoms with van der Waals surface area (Å²) in [7, 11) is 3.28. The van der Waals surface area contributed by atoms with Crippen molar-refractivity contribution >= 4 is 5.97 Å². The Balaban J connectivity index is 2.33. The van der Waals surface area contributed by atoms with E-state index in [1.165, 1.54) is 19.3 Å². The summed E-state index contributed by atoms with van der Waals surface area (Å²) < 4.78 is 13.3. The molecule has 1 aliphatic rings. The van der Waals surface area contributed by atoms with E-state index >= 15 is 0 Å². The van der Waals surface area contributed by atoms with Gasteiger partial charge in [-0.05, 0) is 49.9 Å². The molecule has 1 aliphatic carbocycles. The summed E-state index contributed by atoms with van der Waals surface area (Å²) in [6, 6.07) is 6.03. The molecule has 0 atom stereocenters. The first-order valence-corrected chi connectivity index (χ1v) is 9.72. The summed E-state index contributed by atoms with van der Waals surface area (Å²) >= 11 is 0. The van der Waals surface area contributed by atoms with E-state index in [1.54, 1.807) is 14.2 Å². The van der Waals surface area contributed by atoms with Gasteiger partial charge in [-0.3, -0.25) is 0 Å². The molecular formula is C22H29NO4. The summed E-state index contributed by atoms with van der Waals surface area (Å²) in [4.78, 5) is 12.1. The zero-order chi connectivity index (χ0) is 19.6. The van der Waals surface area contributed by atoms with Gasteiger partial charge >= 0.3 is 5.97 Å². The van der Waals surface area contributed by atoms with Crippen LogP contribution in [0.3, 0.4) is 0 Å². The Morgan fingerprint density at radius 3 is 2.44 bits per heavy atom. The number of carboxylic acids is 1. The van der Waals surface area contributed by atoms with Gasteiger partial charge in [0.25, 0.3) is 0 Å². The third-order valence-corrected chi connectivity index (χ3v) is 5.70. The smallest absolute Gasteiger partial charge is 0.337 e. The van der Waals surface area contributed by atoms with Crippen molar-refractivity contribution in [3.63, 3.8) is 0 Å². The lowest BCUT2D eigenvalue weighted by atomic mass is 9.94. The highest BCUT2D eigenvalue weighted by molar-refractivity contribution is 5.94. The first-order chi connectivity index (χ1) is 13.0. The minimum Gasteiger partial charge on any atom is -0.497 e. The fraction of sp³-hybridized carbons (Fsp3) is 0.500. The highest BCUT2D eigenvalue weighted by Crippen LogP contribution is 2.43. The molecular weight excluding hydrogens is 342 g/mol. The Morgan fingerprint density at radius 2 is 1.89 bits per heavy atom. The minimum atomic E-state index is -0.859. The number of rotatable bonds is 6. The molecule has 146 valence electrons. The molecule has 0 aliphatic heterocycles. The van der Waals surface area contributed by atoms with Crippen LogP contribution in [0.15, 0.2) is 18.2 Å². The predicted octanol–water partition coefficient (Wildman–Crippen LogP) is 5.25. The van der Waals surface area contributed by atoms with Gasteiger partial charge in [0.1, 0.15) is 11.5 Å². The van der Waals surface area contributed by atoms with Gasteiger partial charge in [-0.15, -0.1) is 0 Å². The van der Waals surface area contributed by atoms with Gasteiger partial charge in [0.05, 0.1) is 25.5 Å². The highest BCUT2D eigenvalue weighted by Gasteiger charge is 2.30. The van der Waals surface area contributed by atoms with E-state index in [1.807, 2.05) is 32.0 Å². The lowest BCUT2D eigenvalue weighted by molar-refractivity contribution is 0.0694. The number of hydrogen-bond acceptors (Lipinski definition) is 3. The molecule has 0 amide bonds. The van der Waals surface area contributed by atoms with Gasteiger partial charge in [0.2, 0.25) is 0 Å². The van der Waals surface area contributed by atoms with Crippen LogP contribution < -0.4 is 9.47 Å². The molecule has 0 unspecified atom stereocenters. The van der Waals surface area contributed by atoms with Crippen LogP contribution in [-0.4, -0.2) is 29.9 Å². The normalized spacial score (nSPS) is 15.0. The minimum absolute atomic E-state index is 0.325. The van der Waals surface area contributed by atoms with Crippen LogP contribution in [0.2, 0.25) is 0 Å². The van der Waals surface area contributed by atoms with E-state index in [4.69, 9.17) is 9.47 Å². The molecule has 0 saturated heterocycles. The van der Waals surface area contributed by atoms with Gasteiger partial charge in [0.15, 0.2) is 0 Å². The summed E-state index contributed by atoms with van der Waals surface area (Å²) in [6.07, 6.45) is 6.47. The molecule has 1 aromatic heterocycles. The molecule has 1 heterocycles. The Morgan fingerprint density at radius 1 is 1.19 bits per heavy atom. The molecule has 1 N–H and O–H groups in total. The second-order valence-electron chi connectivity index (χ2n) is 7.18. The molecule has 1 fully saturated rings. The number of aromatic nitrogens is 1. The van der Waals surface area contributed by atoms with E-state index in [2.05, 4.69) is 4.57 Å². The number of methoxy groups -OCH3 is 2. The monoisotopic (exact) mass is 371 g/mol. The third kappa shape index (κ3) is 3.43. The van der Waals surface area contributed by atoms with Gasteiger partial charge in [-0.25, -0.2) is 4.79 Å². The van der Waals surface area contributed by atoms with E-state index in [9.17, 15) is 9.90 Å². The Labute approximate surface area is 160 Å². The second kappa shape index (κ2) is 8.07. The van der Waals surface area contributed by atoms with Crippen molar-refractivity contribution in [3.05, 3.63) is 35.0 Å². The van der Waals surface area contributed by atoms with Crippen LogP contribution in [0.25, 0.3) is 11.3 Å². The van der Waals surface area contributed by atoms with Crippen molar-refractivity contribution < 1.29 is 19.4 Å². The Kier molecular flexibility index (Phi) is 5.78. The van der Waals surface area contributed by atoms with Crippen molar-refractivity contribution in [1.82, 2.24) is 4.57 Å². The lowest BCUT2D eigenvalue weighted by Crippen LogP contribution is -2.17. The van der Waals surface area contributed by atoms with E-state index in [0.717, 1.165) is 46.9 Å². The summed E-state index contributed by atoms with van der Waals surface area (Å²) in [5.41, 5.74) is 3.99. The van der Waals surface area contributed by atoms with Crippen LogP contribution in [0.4, 0.5) is 0 Å². The molecule has 0 bridgehead atoms. The van der Waals surface area contributed by atoms with Gasteiger partial charge in [0, 0.05) is 17.3 Å². The number of nitrogens with zero attached hydrogens (tertiary/aromatic N) is 1. The number of aromatic carboxylic acids is 1. The lowest BCUT2D eigenvalue weighted by Gasteiger charge is -2.28. The quantitative estimate of drug-likeness (QED) is 0.754. The topological polar surface area (TPSA) is 60.7 Å². The summed E-state index contributed by atoms with van der Waals surface area (Å²) in [5, 5.41) is 9.92. The number of carboxylic acid groups (broad SMARTS) is 1. The molecule has 5 heteroatoms. The van der Waals surface area contributed by atoms with E-state index in [-0.39, 0.29) is 0 Å². The summed E-state index contributed by atoms with van der Waals surface area (Å²) in [5.74, 6) is 0.603. The van der Waals surface area contributed by atoms with Crippen molar-refractivity contribution in [2.24, 2.45) is 0 Å². The Bertz CT molecular complexity index is 831. The first-order valence-electron chi connectivity index (χ1n) is 9.72. The fourth-order valence-corrected chi connectivity index (χ4v) is 4.47. The van der Waals surface area contributed by atoms with Crippen LogP contribution in [0.1, 0.15) is 66.7 Å². The van der Waals surface area contributed by atoms with Gasteiger partial charge < -0.3 is 19.1 Å². The van der Waals surface area contributed by atoms with Crippen molar-refractivity contribution in [3.8, 4) is 22.8 Å². The number of benzene rings is 1. The average molecular weight is 371 g/mol. The van der Waals surface area contributed by atoms with E-state index < -0.39 is 5.97 Å². The first kappa shape index (κ1) is 19.3. The number of ether oxygens (including phenoxy) is 2. The zero-order valence-electron chi connectivity index (χ0n) is 16.7. The molecule has 5 nitrogen and oxygen atoms in total. The summed E-state index contributed by atoms with van der Waals surface area (Å²) in [6.45, 7) is 3.95. The zero-order valence-corrected chi connectivity index (χ0v) is 16.7. The van der Waals surface area contributed by atoms with Crippen LogP contribution in [0.5, 0.6) is 11.5 Å². The number of hydrogen-bond donors (Lipinski definition) is 1. The van der Waals surface area contributed by atoms with Crippen LogP contribution in [0, 0.1) is 6.92 Å². The fourth-order valence-electron chi connectivity index (χ4n) is 4.47. The molecule has 1 aromatic carbocycles. The van der Waals surface area contributed by atoms with Crippen molar-refractivity contribution in [1.29, 1.82) is 0 Å². The number of carbonyl (C=O) groups is 1. The van der Waals surface area contributed by atoms with Crippen molar-refractivity contribution in [2.75, 3.05) is 14.2 Å². The molecule has 0 radical (unpaired) electrons.